The van der Waals surface area contributed by atoms with Gasteiger partial charge in [-0.15, -0.1) is 0 Å². The zero-order valence-electron chi connectivity index (χ0n) is 29.6. The average molecular weight is 699 g/mol. The number of nitriles is 1. The highest BCUT2D eigenvalue weighted by atomic mass is 15.0. The van der Waals surface area contributed by atoms with E-state index in [1.165, 1.54) is 37.9 Å². The van der Waals surface area contributed by atoms with Crippen LogP contribution in [0.5, 0.6) is 0 Å². The van der Waals surface area contributed by atoms with E-state index in [4.69, 9.17) is 0 Å². The maximum atomic E-state index is 9.78. The maximum absolute atomic E-state index is 9.78. The van der Waals surface area contributed by atoms with Crippen molar-refractivity contribution in [1.29, 1.82) is 5.26 Å². The van der Waals surface area contributed by atoms with E-state index >= 15 is 0 Å². The fraction of sp³-hybridized carbons (Fsp3) is 0. The molecule has 0 radical (unpaired) electrons. The van der Waals surface area contributed by atoms with Gasteiger partial charge >= 0.3 is 0 Å². The number of benzene rings is 8. The molecule has 3 aromatic heterocycles. The topological polar surface area (TPSA) is 54.5 Å². The molecule has 0 N–H and O–H groups in total. The van der Waals surface area contributed by atoms with Crippen LogP contribution in [-0.4, -0.2) is 14.5 Å². The lowest BCUT2D eigenvalue weighted by molar-refractivity contribution is 1.18. The van der Waals surface area contributed by atoms with Gasteiger partial charge in [0.1, 0.15) is 0 Å². The van der Waals surface area contributed by atoms with Gasteiger partial charge in [0, 0.05) is 40.0 Å². The summed E-state index contributed by atoms with van der Waals surface area (Å²) >= 11 is 0. The van der Waals surface area contributed by atoms with Crippen molar-refractivity contribution in [2.24, 2.45) is 0 Å². The molecule has 0 aliphatic rings. The average Bonchev–Trinajstić information content (AvgIpc) is 3.59. The molecule has 0 saturated heterocycles. The number of pyridine rings is 2. The van der Waals surface area contributed by atoms with Gasteiger partial charge in [-0.2, -0.15) is 5.26 Å². The van der Waals surface area contributed by atoms with Crippen molar-refractivity contribution in [3.05, 3.63) is 188 Å². The van der Waals surface area contributed by atoms with Gasteiger partial charge in [0.05, 0.1) is 34.1 Å². The van der Waals surface area contributed by atoms with Crippen molar-refractivity contribution in [2.75, 3.05) is 0 Å². The summed E-state index contributed by atoms with van der Waals surface area (Å²) in [4.78, 5) is 9.36. The number of hydrogen-bond donors (Lipinski definition) is 0. The summed E-state index contributed by atoms with van der Waals surface area (Å²) in [5.74, 6) is 0. The second-order valence-corrected chi connectivity index (χ2v) is 14.2. The van der Waals surface area contributed by atoms with Crippen LogP contribution in [0.1, 0.15) is 5.56 Å². The SMILES string of the molecule is N#Cc1ccc2c(c1)c1cc(-c3cc4ccc5cc(-c6cc(-c7ccccn7)cc(-c7ccccn7)c6)cc6ccc(c3)c4c56)ccc1n2-c1ccccc1. The quantitative estimate of drug-likeness (QED) is 0.168. The molecule has 3 heterocycles. The van der Waals surface area contributed by atoms with Crippen LogP contribution in [0.4, 0.5) is 0 Å². The first-order valence-corrected chi connectivity index (χ1v) is 18.4. The van der Waals surface area contributed by atoms with E-state index in [2.05, 4.69) is 148 Å². The first kappa shape index (κ1) is 31.0. The molecule has 55 heavy (non-hydrogen) atoms. The number of fused-ring (bicyclic) bond motifs is 3. The Bertz CT molecular complexity index is 3180. The Kier molecular flexibility index (Phi) is 6.89. The Morgan fingerprint density at radius 1 is 0.400 bits per heavy atom. The van der Waals surface area contributed by atoms with Gasteiger partial charge in [-0.05, 0) is 164 Å². The van der Waals surface area contributed by atoms with Crippen molar-refractivity contribution < 1.29 is 0 Å². The summed E-state index contributed by atoms with van der Waals surface area (Å²) in [5, 5.41) is 19.4. The standard InChI is InChI=1S/C51H30N4/c52-31-32-12-18-48-44(22-32)45-30-33(17-19-49(45)55(48)43-8-2-1-3-9-43)38-23-34-13-15-36-25-39(26-37-16-14-35(24-38)50(34)51(36)37)40-27-41(46-10-4-6-20-53-46)29-42(28-40)47-11-5-7-21-54-47/h1-30H. The predicted molar refractivity (Wildman–Crippen MR) is 227 cm³/mol. The van der Waals surface area contributed by atoms with E-state index in [-0.39, 0.29) is 0 Å². The molecule has 0 aliphatic heterocycles. The lowest BCUT2D eigenvalue weighted by Gasteiger charge is -2.16. The van der Waals surface area contributed by atoms with E-state index < -0.39 is 0 Å². The number of nitrogens with zero attached hydrogens (tertiary/aromatic N) is 4. The highest BCUT2D eigenvalue weighted by molar-refractivity contribution is 6.24. The number of aromatic nitrogens is 3. The number of rotatable bonds is 5. The van der Waals surface area contributed by atoms with Crippen LogP contribution in [0.15, 0.2) is 182 Å². The molecule has 4 heteroatoms. The monoisotopic (exact) mass is 698 g/mol. The van der Waals surface area contributed by atoms with Gasteiger partial charge in [-0.3, -0.25) is 9.97 Å². The number of hydrogen-bond acceptors (Lipinski definition) is 3. The molecule has 11 rings (SSSR count). The zero-order chi connectivity index (χ0) is 36.5. The molecule has 0 unspecified atom stereocenters. The van der Waals surface area contributed by atoms with Crippen LogP contribution in [0.2, 0.25) is 0 Å². The van der Waals surface area contributed by atoms with Crippen molar-refractivity contribution in [3.63, 3.8) is 0 Å². The smallest absolute Gasteiger partial charge is 0.0991 e. The summed E-state index contributed by atoms with van der Waals surface area (Å²) in [7, 11) is 0. The van der Waals surface area contributed by atoms with Crippen molar-refractivity contribution in [2.45, 2.75) is 0 Å². The van der Waals surface area contributed by atoms with E-state index in [0.29, 0.717) is 5.56 Å². The molecule has 8 aromatic carbocycles. The molecule has 0 fully saturated rings. The van der Waals surface area contributed by atoms with Crippen LogP contribution in [0, 0.1) is 11.3 Å². The van der Waals surface area contributed by atoms with E-state index in [9.17, 15) is 5.26 Å². The fourth-order valence-electron chi connectivity index (χ4n) is 8.46. The Morgan fingerprint density at radius 2 is 0.891 bits per heavy atom. The Morgan fingerprint density at radius 3 is 1.44 bits per heavy atom. The molecule has 11 aromatic rings. The third-order valence-corrected chi connectivity index (χ3v) is 11.0. The summed E-state index contributed by atoms with van der Waals surface area (Å²) in [6.45, 7) is 0. The minimum atomic E-state index is 0.658. The molecular formula is C51H30N4. The molecule has 0 saturated carbocycles. The highest BCUT2D eigenvalue weighted by Crippen LogP contribution is 2.42. The summed E-state index contributed by atoms with van der Waals surface area (Å²) in [6, 6.07) is 62.6. The predicted octanol–water partition coefficient (Wildman–Crippen LogP) is 13.0. The largest absolute Gasteiger partial charge is 0.309 e. The molecule has 0 amide bonds. The second-order valence-electron chi connectivity index (χ2n) is 14.2. The lowest BCUT2D eigenvalue weighted by Crippen LogP contribution is -1.93. The molecule has 0 spiro atoms. The maximum Gasteiger partial charge on any atom is 0.0991 e. The van der Waals surface area contributed by atoms with Gasteiger partial charge in [-0.1, -0.05) is 60.7 Å². The molecule has 0 aliphatic carbocycles. The van der Waals surface area contributed by atoms with Crippen molar-refractivity contribution in [1.82, 2.24) is 14.5 Å². The van der Waals surface area contributed by atoms with Gasteiger partial charge < -0.3 is 4.57 Å². The van der Waals surface area contributed by atoms with Crippen LogP contribution >= 0.6 is 0 Å². The van der Waals surface area contributed by atoms with E-state index in [1.54, 1.807) is 0 Å². The van der Waals surface area contributed by atoms with Gasteiger partial charge in [-0.25, -0.2) is 0 Å². The van der Waals surface area contributed by atoms with Gasteiger partial charge in [0.25, 0.3) is 0 Å². The normalized spacial score (nSPS) is 11.6. The lowest BCUT2D eigenvalue weighted by atomic mass is 9.88. The molecule has 254 valence electrons. The van der Waals surface area contributed by atoms with Gasteiger partial charge in [0.2, 0.25) is 0 Å². The van der Waals surface area contributed by atoms with Crippen molar-refractivity contribution in [3.8, 4) is 56.5 Å². The molecule has 0 bridgehead atoms. The zero-order valence-corrected chi connectivity index (χ0v) is 29.6. The van der Waals surface area contributed by atoms with Crippen LogP contribution < -0.4 is 0 Å². The van der Waals surface area contributed by atoms with E-state index in [0.717, 1.165) is 66.7 Å². The first-order chi connectivity index (χ1) is 27.2. The summed E-state index contributed by atoms with van der Waals surface area (Å²) in [6.07, 6.45) is 3.69. The second kappa shape index (κ2) is 12.2. The highest BCUT2D eigenvalue weighted by Gasteiger charge is 2.17. The third-order valence-electron chi connectivity index (χ3n) is 11.0. The minimum Gasteiger partial charge on any atom is -0.309 e. The Labute approximate surface area is 317 Å². The van der Waals surface area contributed by atoms with Gasteiger partial charge in [0.15, 0.2) is 0 Å². The Balaban J connectivity index is 1.05. The molecular weight excluding hydrogens is 669 g/mol. The minimum absolute atomic E-state index is 0.658. The first-order valence-electron chi connectivity index (χ1n) is 18.4. The van der Waals surface area contributed by atoms with Crippen molar-refractivity contribution >= 4 is 54.1 Å². The summed E-state index contributed by atoms with van der Waals surface area (Å²) < 4.78 is 2.29. The number of para-hydroxylation sites is 1. The third kappa shape index (κ3) is 5.06. The van der Waals surface area contributed by atoms with Crippen LogP contribution in [0.3, 0.4) is 0 Å². The molecule has 4 nitrogen and oxygen atoms in total. The molecule has 0 atom stereocenters. The fourth-order valence-corrected chi connectivity index (χ4v) is 8.46. The van der Waals surface area contributed by atoms with Crippen LogP contribution in [-0.2, 0) is 0 Å². The summed E-state index contributed by atoms with van der Waals surface area (Å²) in [5.41, 5.74) is 12.5. The Hall–Kier alpha value is -7.61. The van der Waals surface area contributed by atoms with E-state index in [1.807, 2.05) is 54.9 Å². The van der Waals surface area contributed by atoms with Crippen LogP contribution in [0.25, 0.3) is 105 Å².